The van der Waals surface area contributed by atoms with Gasteiger partial charge in [-0.1, -0.05) is 13.3 Å². The Morgan fingerprint density at radius 3 is 2.89 bits per heavy atom. The molecule has 18 heavy (non-hydrogen) atoms. The smallest absolute Gasteiger partial charge is 0.332 e. The minimum Gasteiger partial charge on any atom is -0.466 e. The Morgan fingerprint density at radius 1 is 1.44 bits per heavy atom. The molecule has 0 aliphatic rings. The summed E-state index contributed by atoms with van der Waals surface area (Å²) >= 11 is 0. The van der Waals surface area contributed by atoms with Crippen LogP contribution in [-0.2, 0) is 0 Å². The van der Waals surface area contributed by atoms with Gasteiger partial charge in [-0.25, -0.2) is 9.97 Å². The summed E-state index contributed by atoms with van der Waals surface area (Å²) in [6.07, 6.45) is 3.39. The van der Waals surface area contributed by atoms with Gasteiger partial charge in [0.25, 0.3) is 0 Å². The maximum absolute atomic E-state index is 5.77. The number of aromatic nitrogens is 4. The summed E-state index contributed by atoms with van der Waals surface area (Å²) in [4.78, 5) is 18.0. The zero-order valence-electron chi connectivity index (χ0n) is 10.8. The number of rotatable bonds is 5. The third-order valence-corrected chi connectivity index (χ3v) is 2.57. The van der Waals surface area contributed by atoms with Crippen molar-refractivity contribution in [3.63, 3.8) is 0 Å². The molecule has 0 radical (unpaired) electrons. The molecule has 0 amide bonds. The van der Waals surface area contributed by atoms with Gasteiger partial charge in [-0.2, -0.15) is 4.98 Å². The second-order valence-corrected chi connectivity index (χ2v) is 4.03. The van der Waals surface area contributed by atoms with E-state index in [9.17, 15) is 0 Å². The zero-order chi connectivity index (χ0) is 13.1. The van der Waals surface area contributed by atoms with Crippen LogP contribution in [0.4, 0.5) is 5.82 Å². The van der Waals surface area contributed by atoms with Crippen LogP contribution in [0.5, 0.6) is 6.01 Å². The van der Waals surface area contributed by atoms with Gasteiger partial charge in [-0.05, 0) is 13.3 Å². The molecule has 2 rings (SSSR count). The Morgan fingerprint density at radius 2 is 2.22 bits per heavy atom. The van der Waals surface area contributed by atoms with E-state index >= 15 is 0 Å². The minimum atomic E-state index is 0.0393. The third kappa shape index (κ3) is 2.15. The number of nitrogens with two attached hydrogens (primary N) is 1. The van der Waals surface area contributed by atoms with Gasteiger partial charge in [0.2, 0.25) is 5.65 Å². The van der Waals surface area contributed by atoms with Crippen molar-refractivity contribution in [2.75, 3.05) is 12.8 Å². The SMILES string of the molecule is CCCC(C)On1c(OC)nc2c(N)ncnc21. The number of methoxy groups -OCH3 is 1. The lowest BCUT2D eigenvalue weighted by atomic mass is 10.2. The first kappa shape index (κ1) is 12.4. The summed E-state index contributed by atoms with van der Waals surface area (Å²) in [5, 5.41) is 0. The van der Waals surface area contributed by atoms with E-state index in [1.165, 1.54) is 18.2 Å². The molecule has 0 aliphatic heterocycles. The van der Waals surface area contributed by atoms with Crippen LogP contribution < -0.4 is 15.3 Å². The molecule has 2 aromatic heterocycles. The molecule has 1 unspecified atom stereocenters. The van der Waals surface area contributed by atoms with Crippen LogP contribution in [0, 0.1) is 0 Å². The molecule has 0 saturated carbocycles. The largest absolute Gasteiger partial charge is 0.466 e. The van der Waals surface area contributed by atoms with Crippen molar-refractivity contribution >= 4 is 17.0 Å². The number of fused-ring (bicyclic) bond motifs is 1. The van der Waals surface area contributed by atoms with Crippen molar-refractivity contribution in [2.45, 2.75) is 32.8 Å². The normalized spacial score (nSPS) is 12.6. The number of hydrogen-bond donors (Lipinski definition) is 1. The van der Waals surface area contributed by atoms with Crippen molar-refractivity contribution in [3.05, 3.63) is 6.33 Å². The highest BCUT2D eigenvalue weighted by atomic mass is 16.7. The second kappa shape index (κ2) is 5.07. The molecule has 2 heterocycles. The van der Waals surface area contributed by atoms with Gasteiger partial charge >= 0.3 is 6.01 Å². The number of nitrogens with zero attached hydrogens (tertiary/aromatic N) is 4. The molecule has 7 heteroatoms. The number of anilines is 1. The van der Waals surface area contributed by atoms with Crippen molar-refractivity contribution in [3.8, 4) is 6.01 Å². The van der Waals surface area contributed by atoms with Gasteiger partial charge in [0.15, 0.2) is 11.3 Å². The molecule has 2 aromatic rings. The van der Waals surface area contributed by atoms with E-state index in [1.54, 1.807) is 0 Å². The Hall–Kier alpha value is -2.05. The lowest BCUT2D eigenvalue weighted by Crippen LogP contribution is -2.22. The van der Waals surface area contributed by atoms with Crippen LogP contribution in [0.2, 0.25) is 0 Å². The topological polar surface area (TPSA) is 88.1 Å². The van der Waals surface area contributed by atoms with Crippen molar-refractivity contribution in [2.24, 2.45) is 0 Å². The highest BCUT2D eigenvalue weighted by molar-refractivity contribution is 5.82. The van der Waals surface area contributed by atoms with Gasteiger partial charge < -0.3 is 15.3 Å². The van der Waals surface area contributed by atoms with Gasteiger partial charge in [-0.15, -0.1) is 4.73 Å². The Balaban J connectivity index is 2.44. The van der Waals surface area contributed by atoms with Crippen LogP contribution in [0.25, 0.3) is 11.2 Å². The summed E-state index contributed by atoms with van der Waals surface area (Å²) in [6.45, 7) is 4.09. The average Bonchev–Trinajstić information content (AvgIpc) is 2.69. The number of nitrogen functional groups attached to an aromatic ring is 1. The van der Waals surface area contributed by atoms with E-state index < -0.39 is 0 Å². The van der Waals surface area contributed by atoms with E-state index in [2.05, 4.69) is 21.9 Å². The first-order chi connectivity index (χ1) is 8.67. The van der Waals surface area contributed by atoms with Crippen LogP contribution in [0.3, 0.4) is 0 Å². The maximum atomic E-state index is 5.77. The molecule has 0 fully saturated rings. The van der Waals surface area contributed by atoms with E-state index in [1.807, 2.05) is 6.92 Å². The summed E-state index contributed by atoms with van der Waals surface area (Å²) in [5.41, 5.74) is 6.74. The van der Waals surface area contributed by atoms with Crippen LogP contribution in [0.1, 0.15) is 26.7 Å². The van der Waals surface area contributed by atoms with E-state index in [4.69, 9.17) is 15.3 Å². The average molecular weight is 251 g/mol. The van der Waals surface area contributed by atoms with Crippen molar-refractivity contribution in [1.29, 1.82) is 0 Å². The highest BCUT2D eigenvalue weighted by Gasteiger charge is 2.18. The molecule has 98 valence electrons. The van der Waals surface area contributed by atoms with Crippen molar-refractivity contribution in [1.82, 2.24) is 19.7 Å². The maximum Gasteiger partial charge on any atom is 0.332 e. The predicted octanol–water partition coefficient (Wildman–Crippen LogP) is 1.03. The van der Waals surface area contributed by atoms with E-state index in [-0.39, 0.29) is 6.10 Å². The summed E-state index contributed by atoms with van der Waals surface area (Å²) in [6, 6.07) is 0.320. The van der Waals surface area contributed by atoms with Crippen LogP contribution >= 0.6 is 0 Å². The van der Waals surface area contributed by atoms with Gasteiger partial charge in [0, 0.05) is 0 Å². The lowest BCUT2D eigenvalue weighted by Gasteiger charge is -2.14. The molecular weight excluding hydrogens is 234 g/mol. The van der Waals surface area contributed by atoms with Crippen LogP contribution in [0.15, 0.2) is 6.33 Å². The second-order valence-electron chi connectivity index (χ2n) is 4.03. The first-order valence-corrected chi connectivity index (χ1v) is 5.87. The Labute approximate surface area is 105 Å². The quantitative estimate of drug-likeness (QED) is 0.854. The van der Waals surface area contributed by atoms with Gasteiger partial charge in [-0.3, -0.25) is 0 Å². The first-order valence-electron chi connectivity index (χ1n) is 5.87. The lowest BCUT2D eigenvalue weighted by molar-refractivity contribution is 0.0351. The predicted molar refractivity (Wildman–Crippen MR) is 67.2 cm³/mol. The molecule has 0 bridgehead atoms. The Bertz CT molecular complexity index is 539. The van der Waals surface area contributed by atoms with Gasteiger partial charge in [0.1, 0.15) is 12.4 Å². The molecule has 0 aromatic carbocycles. The number of imidazole rings is 1. The summed E-state index contributed by atoms with van der Waals surface area (Å²) < 4.78 is 6.63. The fourth-order valence-corrected chi connectivity index (χ4v) is 1.73. The molecule has 0 saturated heterocycles. The highest BCUT2D eigenvalue weighted by Crippen LogP contribution is 2.21. The Kier molecular flexibility index (Phi) is 3.50. The zero-order valence-corrected chi connectivity index (χ0v) is 10.8. The molecule has 1 atom stereocenters. The molecule has 2 N–H and O–H groups in total. The van der Waals surface area contributed by atoms with Gasteiger partial charge in [0.05, 0.1) is 7.11 Å². The summed E-state index contributed by atoms with van der Waals surface area (Å²) in [5.74, 6) is 0.309. The van der Waals surface area contributed by atoms with E-state index in [0.29, 0.717) is 23.0 Å². The molecule has 0 aliphatic carbocycles. The summed E-state index contributed by atoms with van der Waals surface area (Å²) in [7, 11) is 1.52. The third-order valence-electron chi connectivity index (χ3n) is 2.57. The standard InChI is InChI=1S/C11H17N5O2/c1-4-5-7(2)18-16-10-8(15-11(16)17-3)9(12)13-6-14-10/h6-7H,4-5H2,1-3H3,(H2,12,13,14). The van der Waals surface area contributed by atoms with Crippen LogP contribution in [-0.4, -0.2) is 32.9 Å². The molecular formula is C11H17N5O2. The number of ether oxygens (including phenoxy) is 1. The molecule has 7 nitrogen and oxygen atoms in total. The minimum absolute atomic E-state index is 0.0393. The fourth-order valence-electron chi connectivity index (χ4n) is 1.73. The van der Waals surface area contributed by atoms with E-state index in [0.717, 1.165) is 12.8 Å². The monoisotopic (exact) mass is 251 g/mol. The molecule has 0 spiro atoms. The number of hydrogen-bond acceptors (Lipinski definition) is 6. The van der Waals surface area contributed by atoms with Crippen molar-refractivity contribution < 1.29 is 9.57 Å². The fraction of sp³-hybridized carbons (Fsp3) is 0.545.